The molecule has 0 unspecified atom stereocenters. The Morgan fingerprint density at radius 3 is 2.61 bits per heavy atom. The lowest BCUT2D eigenvalue weighted by Gasteiger charge is -2.26. The van der Waals surface area contributed by atoms with E-state index in [-0.39, 0.29) is 6.29 Å². The number of hydrogen-bond acceptors (Lipinski definition) is 3. The first-order chi connectivity index (χ1) is 8.63. The Labute approximate surface area is 116 Å². The lowest BCUT2D eigenvalue weighted by Crippen LogP contribution is -2.19. The third-order valence-electron chi connectivity index (χ3n) is 2.85. The molecule has 18 heavy (non-hydrogen) atoms. The third kappa shape index (κ3) is 2.76. The molecule has 0 radical (unpaired) electrons. The summed E-state index contributed by atoms with van der Waals surface area (Å²) in [5.74, 6) is 0.782. The molecule has 0 amide bonds. The van der Waals surface area contributed by atoms with Crippen molar-refractivity contribution in [1.29, 1.82) is 0 Å². The topological polar surface area (TPSA) is 27.7 Å². The molecule has 0 spiro atoms. The summed E-state index contributed by atoms with van der Waals surface area (Å²) in [5, 5.41) is 0. The van der Waals surface area contributed by atoms with Crippen LogP contribution in [-0.4, -0.2) is 20.3 Å². The van der Waals surface area contributed by atoms with E-state index >= 15 is 0 Å². The highest BCUT2D eigenvalue weighted by Gasteiger charge is 2.23. The normalized spacial score (nSPS) is 16.6. The minimum Gasteiger partial charge on any atom is -0.496 e. The molecule has 1 saturated heterocycles. The fourth-order valence-electron chi connectivity index (χ4n) is 2.08. The summed E-state index contributed by atoms with van der Waals surface area (Å²) in [7, 11) is 1.65. The maximum absolute atomic E-state index is 5.67. The summed E-state index contributed by atoms with van der Waals surface area (Å²) in [6.45, 7) is 7.40. The maximum atomic E-state index is 5.67. The van der Waals surface area contributed by atoms with E-state index in [1.165, 1.54) is 0 Å². The van der Waals surface area contributed by atoms with Crippen molar-refractivity contribution in [3.05, 3.63) is 35.4 Å². The second-order valence-corrected chi connectivity index (χ2v) is 5.22. The number of benzene rings is 1. The SMILES string of the molecule is C=C(Br)c1c(OC)cc(C)cc1C1OCCCO1. The fraction of sp³-hybridized carbons (Fsp3) is 0.429. The molecule has 2 rings (SSSR count). The molecule has 0 saturated carbocycles. The van der Waals surface area contributed by atoms with Crippen molar-refractivity contribution in [1.82, 2.24) is 0 Å². The lowest BCUT2D eigenvalue weighted by molar-refractivity contribution is -0.183. The largest absolute Gasteiger partial charge is 0.496 e. The Balaban J connectivity index is 2.49. The average molecular weight is 313 g/mol. The van der Waals surface area contributed by atoms with Crippen LogP contribution in [-0.2, 0) is 9.47 Å². The van der Waals surface area contributed by atoms with Crippen LogP contribution in [0.5, 0.6) is 5.75 Å². The Morgan fingerprint density at radius 2 is 2.06 bits per heavy atom. The van der Waals surface area contributed by atoms with Crippen LogP contribution in [0.2, 0.25) is 0 Å². The Kier molecular flexibility index (Phi) is 4.43. The highest BCUT2D eigenvalue weighted by Crippen LogP contribution is 2.38. The molecular weight excluding hydrogens is 296 g/mol. The average Bonchev–Trinajstić information content (AvgIpc) is 2.38. The van der Waals surface area contributed by atoms with Gasteiger partial charge < -0.3 is 14.2 Å². The Hall–Kier alpha value is -0.840. The Bertz CT molecular complexity index is 451. The molecule has 0 atom stereocenters. The zero-order valence-electron chi connectivity index (χ0n) is 10.7. The molecule has 0 bridgehead atoms. The van der Waals surface area contributed by atoms with Gasteiger partial charge in [-0.2, -0.15) is 0 Å². The monoisotopic (exact) mass is 312 g/mol. The van der Waals surface area contributed by atoms with Gasteiger partial charge in [0.05, 0.1) is 20.3 Å². The van der Waals surface area contributed by atoms with Crippen LogP contribution in [0, 0.1) is 6.92 Å². The van der Waals surface area contributed by atoms with Crippen molar-refractivity contribution in [3.8, 4) is 5.75 Å². The van der Waals surface area contributed by atoms with E-state index < -0.39 is 0 Å². The van der Waals surface area contributed by atoms with Gasteiger partial charge in [0.2, 0.25) is 0 Å². The summed E-state index contributed by atoms with van der Waals surface area (Å²) >= 11 is 3.43. The third-order valence-corrected chi connectivity index (χ3v) is 3.25. The van der Waals surface area contributed by atoms with Crippen molar-refractivity contribution >= 4 is 20.4 Å². The van der Waals surface area contributed by atoms with Crippen LogP contribution in [0.15, 0.2) is 18.7 Å². The van der Waals surface area contributed by atoms with Gasteiger partial charge in [-0.05, 0) is 25.0 Å². The highest BCUT2D eigenvalue weighted by molar-refractivity contribution is 9.15. The van der Waals surface area contributed by atoms with Crippen LogP contribution in [0.25, 0.3) is 4.48 Å². The van der Waals surface area contributed by atoms with E-state index in [9.17, 15) is 0 Å². The van der Waals surface area contributed by atoms with Crippen LogP contribution in [0.3, 0.4) is 0 Å². The summed E-state index contributed by atoms with van der Waals surface area (Å²) in [4.78, 5) is 0. The summed E-state index contributed by atoms with van der Waals surface area (Å²) in [6, 6.07) is 4.04. The van der Waals surface area contributed by atoms with Gasteiger partial charge in [0.1, 0.15) is 5.75 Å². The zero-order chi connectivity index (χ0) is 13.1. The lowest BCUT2D eigenvalue weighted by atomic mass is 10.0. The smallest absolute Gasteiger partial charge is 0.184 e. The van der Waals surface area contributed by atoms with Crippen molar-refractivity contribution in [2.24, 2.45) is 0 Å². The van der Waals surface area contributed by atoms with Crippen molar-refractivity contribution in [3.63, 3.8) is 0 Å². The number of methoxy groups -OCH3 is 1. The molecular formula is C14H17BrO3. The number of hydrogen-bond donors (Lipinski definition) is 0. The molecule has 1 fully saturated rings. The minimum absolute atomic E-state index is 0.336. The van der Waals surface area contributed by atoms with Gasteiger partial charge in [0, 0.05) is 15.6 Å². The van der Waals surface area contributed by atoms with E-state index in [1.54, 1.807) is 7.11 Å². The second kappa shape index (κ2) is 5.87. The molecule has 0 aromatic heterocycles. The van der Waals surface area contributed by atoms with Gasteiger partial charge in [-0.3, -0.25) is 0 Å². The first-order valence-corrected chi connectivity index (χ1v) is 6.69. The fourth-order valence-corrected chi connectivity index (χ4v) is 2.51. The van der Waals surface area contributed by atoms with Crippen LogP contribution in [0.1, 0.15) is 29.4 Å². The molecule has 1 aliphatic rings. The van der Waals surface area contributed by atoms with Crippen LogP contribution >= 0.6 is 15.9 Å². The molecule has 98 valence electrons. The number of rotatable bonds is 3. The van der Waals surface area contributed by atoms with Gasteiger partial charge >= 0.3 is 0 Å². The van der Waals surface area contributed by atoms with E-state index in [4.69, 9.17) is 14.2 Å². The van der Waals surface area contributed by atoms with Gasteiger partial charge in [-0.25, -0.2) is 0 Å². The minimum atomic E-state index is -0.336. The summed E-state index contributed by atoms with van der Waals surface area (Å²) in [6.07, 6.45) is 0.598. The zero-order valence-corrected chi connectivity index (χ0v) is 12.2. The Morgan fingerprint density at radius 1 is 1.39 bits per heavy atom. The molecule has 1 aliphatic heterocycles. The molecule has 0 aliphatic carbocycles. The van der Waals surface area contributed by atoms with E-state index in [0.717, 1.165) is 46.6 Å². The summed E-state index contributed by atoms with van der Waals surface area (Å²) in [5.41, 5.74) is 2.99. The van der Waals surface area contributed by atoms with E-state index in [1.807, 2.05) is 13.0 Å². The number of halogens is 1. The van der Waals surface area contributed by atoms with Gasteiger partial charge in [-0.1, -0.05) is 28.6 Å². The first-order valence-electron chi connectivity index (χ1n) is 5.90. The van der Waals surface area contributed by atoms with E-state index in [2.05, 4.69) is 28.6 Å². The van der Waals surface area contributed by atoms with Crippen molar-refractivity contribution in [2.75, 3.05) is 20.3 Å². The van der Waals surface area contributed by atoms with E-state index in [0.29, 0.717) is 0 Å². The quantitative estimate of drug-likeness (QED) is 0.849. The molecule has 4 heteroatoms. The maximum Gasteiger partial charge on any atom is 0.184 e. The number of ether oxygens (including phenoxy) is 3. The first kappa shape index (κ1) is 13.6. The van der Waals surface area contributed by atoms with Crippen LogP contribution in [0.4, 0.5) is 0 Å². The highest BCUT2D eigenvalue weighted by atomic mass is 79.9. The van der Waals surface area contributed by atoms with Gasteiger partial charge in [-0.15, -0.1) is 0 Å². The molecule has 0 N–H and O–H groups in total. The van der Waals surface area contributed by atoms with Crippen molar-refractivity contribution < 1.29 is 14.2 Å². The number of aryl methyl sites for hydroxylation is 1. The van der Waals surface area contributed by atoms with Gasteiger partial charge in [0.15, 0.2) is 6.29 Å². The van der Waals surface area contributed by atoms with Crippen LogP contribution < -0.4 is 4.74 Å². The summed E-state index contributed by atoms with van der Waals surface area (Å²) < 4.78 is 17.5. The predicted octanol–water partition coefficient (Wildman–Crippen LogP) is 3.80. The van der Waals surface area contributed by atoms with Gasteiger partial charge in [0.25, 0.3) is 0 Å². The molecule has 1 aromatic rings. The molecule has 1 aromatic carbocycles. The predicted molar refractivity (Wildman–Crippen MR) is 75.0 cm³/mol. The van der Waals surface area contributed by atoms with Crippen molar-refractivity contribution in [2.45, 2.75) is 19.6 Å². The molecule has 3 nitrogen and oxygen atoms in total. The standard InChI is InChI=1S/C14H17BrO3/c1-9-7-11(14-17-5-4-6-18-14)13(10(2)15)12(8-9)16-3/h7-8,14H,2,4-6H2,1,3H3. The molecule has 1 heterocycles. The second-order valence-electron chi connectivity index (χ2n) is 4.26.